The van der Waals surface area contributed by atoms with Gasteiger partial charge in [-0.2, -0.15) is 5.26 Å². The Hall–Kier alpha value is -1.75. The first-order chi connectivity index (χ1) is 7.88. The van der Waals surface area contributed by atoms with Crippen molar-refractivity contribution in [2.24, 2.45) is 0 Å². The minimum atomic E-state index is 0.712. The summed E-state index contributed by atoms with van der Waals surface area (Å²) in [4.78, 5) is 0. The molecule has 2 heteroatoms. The van der Waals surface area contributed by atoms with E-state index in [1.165, 1.54) is 19.3 Å². The molecule has 0 saturated carbocycles. The largest absolute Gasteiger partial charge is 0.385 e. The highest BCUT2D eigenvalue weighted by molar-refractivity contribution is 5.47. The fourth-order valence-electron chi connectivity index (χ4n) is 1.99. The zero-order valence-electron chi connectivity index (χ0n) is 9.37. The first-order valence-electron chi connectivity index (χ1n) is 5.80. The number of hydrogen-bond acceptors (Lipinski definition) is 2. The molecule has 0 fully saturated rings. The maximum absolute atomic E-state index is 8.67. The molecule has 2 rings (SSSR count). The van der Waals surface area contributed by atoms with Crippen LogP contribution in [-0.4, -0.2) is 6.54 Å². The Morgan fingerprint density at radius 3 is 2.69 bits per heavy atom. The van der Waals surface area contributed by atoms with Crippen LogP contribution >= 0.6 is 0 Å². The van der Waals surface area contributed by atoms with Gasteiger partial charge >= 0.3 is 0 Å². The molecule has 0 radical (unpaired) electrons. The fourth-order valence-corrected chi connectivity index (χ4v) is 1.99. The highest BCUT2D eigenvalue weighted by Gasteiger charge is 2.03. The Morgan fingerprint density at radius 2 is 2.06 bits per heavy atom. The molecule has 1 aliphatic rings. The third-order valence-corrected chi connectivity index (χ3v) is 2.92. The third-order valence-electron chi connectivity index (χ3n) is 2.92. The van der Waals surface area contributed by atoms with E-state index in [1.807, 2.05) is 24.3 Å². The number of nitrogens with zero attached hydrogens (tertiary/aromatic N) is 1. The Bertz CT molecular complexity index is 409. The van der Waals surface area contributed by atoms with Crippen LogP contribution in [0.25, 0.3) is 0 Å². The molecule has 1 aromatic rings. The lowest BCUT2D eigenvalue weighted by Gasteiger charge is -2.06. The highest BCUT2D eigenvalue weighted by atomic mass is 14.9. The van der Waals surface area contributed by atoms with Gasteiger partial charge in [-0.25, -0.2) is 0 Å². The zero-order chi connectivity index (χ0) is 11.2. The van der Waals surface area contributed by atoms with Gasteiger partial charge < -0.3 is 5.32 Å². The summed E-state index contributed by atoms with van der Waals surface area (Å²) in [5, 5.41) is 12.0. The van der Waals surface area contributed by atoms with Crippen molar-refractivity contribution in [3.05, 3.63) is 41.5 Å². The van der Waals surface area contributed by atoms with E-state index < -0.39 is 0 Å². The van der Waals surface area contributed by atoms with Gasteiger partial charge in [-0.05, 0) is 49.9 Å². The summed E-state index contributed by atoms with van der Waals surface area (Å²) in [5.41, 5.74) is 3.39. The molecule has 0 unspecified atom stereocenters. The average Bonchev–Trinajstić information content (AvgIpc) is 2.83. The van der Waals surface area contributed by atoms with E-state index >= 15 is 0 Å². The van der Waals surface area contributed by atoms with Crippen molar-refractivity contribution in [1.29, 1.82) is 5.26 Å². The van der Waals surface area contributed by atoms with Crippen LogP contribution in [0.2, 0.25) is 0 Å². The molecule has 0 spiro atoms. The van der Waals surface area contributed by atoms with Crippen LogP contribution in [0.5, 0.6) is 0 Å². The van der Waals surface area contributed by atoms with Crippen LogP contribution in [0.3, 0.4) is 0 Å². The van der Waals surface area contributed by atoms with Crippen LogP contribution in [0.15, 0.2) is 35.9 Å². The van der Waals surface area contributed by atoms with E-state index in [9.17, 15) is 0 Å². The number of anilines is 1. The highest BCUT2D eigenvalue weighted by Crippen LogP contribution is 2.20. The van der Waals surface area contributed by atoms with Crippen molar-refractivity contribution in [3.63, 3.8) is 0 Å². The maximum Gasteiger partial charge on any atom is 0.0991 e. The number of benzene rings is 1. The summed E-state index contributed by atoms with van der Waals surface area (Å²) in [5.74, 6) is 0. The van der Waals surface area contributed by atoms with Gasteiger partial charge in [0.15, 0.2) is 0 Å². The van der Waals surface area contributed by atoms with E-state index in [0.29, 0.717) is 5.56 Å². The summed E-state index contributed by atoms with van der Waals surface area (Å²) < 4.78 is 0. The average molecular weight is 212 g/mol. The van der Waals surface area contributed by atoms with Gasteiger partial charge in [-0.15, -0.1) is 0 Å². The van der Waals surface area contributed by atoms with Gasteiger partial charge in [0.1, 0.15) is 0 Å². The van der Waals surface area contributed by atoms with Crippen molar-refractivity contribution < 1.29 is 0 Å². The van der Waals surface area contributed by atoms with Crippen molar-refractivity contribution in [1.82, 2.24) is 0 Å². The molecule has 16 heavy (non-hydrogen) atoms. The molecule has 1 aliphatic carbocycles. The molecule has 0 atom stereocenters. The number of nitrogens with one attached hydrogen (secondary N) is 1. The maximum atomic E-state index is 8.67. The molecular formula is C14H16N2. The van der Waals surface area contributed by atoms with Crippen molar-refractivity contribution in [2.45, 2.75) is 25.7 Å². The Kier molecular flexibility index (Phi) is 3.61. The Balaban J connectivity index is 1.78. The SMILES string of the molecule is N#Cc1ccc(NCCC2=CCCC2)cc1. The van der Waals surface area contributed by atoms with Crippen LogP contribution < -0.4 is 5.32 Å². The molecule has 0 bridgehead atoms. The summed E-state index contributed by atoms with van der Waals surface area (Å²) in [6.45, 7) is 0.984. The molecular weight excluding hydrogens is 196 g/mol. The minimum absolute atomic E-state index is 0.712. The Morgan fingerprint density at radius 1 is 1.25 bits per heavy atom. The van der Waals surface area contributed by atoms with Crippen molar-refractivity contribution in [3.8, 4) is 6.07 Å². The molecule has 0 heterocycles. The number of hydrogen-bond donors (Lipinski definition) is 1. The second kappa shape index (κ2) is 5.37. The first kappa shape index (κ1) is 10.8. The smallest absolute Gasteiger partial charge is 0.0991 e. The first-order valence-corrected chi connectivity index (χ1v) is 5.80. The normalized spacial score (nSPS) is 14.3. The summed E-state index contributed by atoms with van der Waals surface area (Å²) in [6, 6.07) is 9.73. The third kappa shape index (κ3) is 2.87. The quantitative estimate of drug-likeness (QED) is 0.776. The van der Waals surface area contributed by atoms with E-state index in [2.05, 4.69) is 17.5 Å². The second-order valence-corrected chi connectivity index (χ2v) is 4.12. The second-order valence-electron chi connectivity index (χ2n) is 4.12. The number of nitriles is 1. The van der Waals surface area contributed by atoms with Gasteiger partial charge in [-0.1, -0.05) is 11.6 Å². The monoisotopic (exact) mass is 212 g/mol. The molecule has 0 saturated heterocycles. The molecule has 0 aliphatic heterocycles. The number of rotatable bonds is 4. The standard InChI is InChI=1S/C14H16N2/c15-11-13-5-7-14(8-6-13)16-10-9-12-3-1-2-4-12/h3,5-8,16H,1-2,4,9-10H2. The molecule has 0 amide bonds. The zero-order valence-corrected chi connectivity index (χ0v) is 9.37. The molecule has 82 valence electrons. The minimum Gasteiger partial charge on any atom is -0.385 e. The Labute approximate surface area is 96.6 Å². The lowest BCUT2D eigenvalue weighted by Crippen LogP contribution is -2.01. The molecule has 2 nitrogen and oxygen atoms in total. The van der Waals surface area contributed by atoms with Crippen molar-refractivity contribution in [2.75, 3.05) is 11.9 Å². The molecule has 1 aromatic carbocycles. The predicted molar refractivity (Wildman–Crippen MR) is 66.2 cm³/mol. The molecule has 0 aromatic heterocycles. The van der Waals surface area contributed by atoms with E-state index in [0.717, 1.165) is 18.7 Å². The van der Waals surface area contributed by atoms with Gasteiger partial charge in [0.25, 0.3) is 0 Å². The van der Waals surface area contributed by atoms with Crippen molar-refractivity contribution >= 4 is 5.69 Å². The van der Waals surface area contributed by atoms with Crippen LogP contribution in [-0.2, 0) is 0 Å². The van der Waals surface area contributed by atoms with E-state index in [1.54, 1.807) is 5.57 Å². The van der Waals surface area contributed by atoms with E-state index in [4.69, 9.17) is 5.26 Å². The van der Waals surface area contributed by atoms with Crippen LogP contribution in [0, 0.1) is 11.3 Å². The summed E-state index contributed by atoms with van der Waals surface area (Å²) in [6.07, 6.45) is 7.36. The van der Waals surface area contributed by atoms with Gasteiger partial charge in [0.2, 0.25) is 0 Å². The number of allylic oxidation sites excluding steroid dienone is 1. The topological polar surface area (TPSA) is 35.8 Å². The lowest BCUT2D eigenvalue weighted by atomic mass is 10.1. The lowest BCUT2D eigenvalue weighted by molar-refractivity contribution is 0.863. The van der Waals surface area contributed by atoms with Gasteiger partial charge in [0.05, 0.1) is 11.6 Å². The van der Waals surface area contributed by atoms with Crippen LogP contribution in [0.1, 0.15) is 31.2 Å². The molecule has 1 N–H and O–H groups in total. The van der Waals surface area contributed by atoms with Gasteiger partial charge in [-0.3, -0.25) is 0 Å². The van der Waals surface area contributed by atoms with Gasteiger partial charge in [0, 0.05) is 12.2 Å². The predicted octanol–water partition coefficient (Wildman–Crippen LogP) is 3.47. The summed E-state index contributed by atoms with van der Waals surface area (Å²) >= 11 is 0. The van der Waals surface area contributed by atoms with E-state index in [-0.39, 0.29) is 0 Å². The fraction of sp³-hybridized carbons (Fsp3) is 0.357. The summed E-state index contributed by atoms with van der Waals surface area (Å²) in [7, 11) is 0. The van der Waals surface area contributed by atoms with Crippen LogP contribution in [0.4, 0.5) is 5.69 Å².